The molecule has 2 heterocycles. The van der Waals surface area contributed by atoms with Crippen LogP contribution in [0.25, 0.3) is 22.7 Å². The average molecular weight is 450 g/mol. The molecule has 7 nitrogen and oxygen atoms in total. The number of fused-ring (bicyclic) bond motifs is 1. The molecule has 0 spiro atoms. The monoisotopic (exact) mass is 449 g/mol. The zero-order chi connectivity index (χ0) is 22.8. The fraction of sp³-hybridized carbons (Fsp3) is 0.125. The second kappa shape index (κ2) is 8.72. The number of halogens is 1. The zero-order valence-corrected chi connectivity index (χ0v) is 18.4. The van der Waals surface area contributed by atoms with Gasteiger partial charge in [-0.2, -0.15) is 5.10 Å². The van der Waals surface area contributed by atoms with Crippen molar-refractivity contribution in [3.05, 3.63) is 86.9 Å². The highest BCUT2D eigenvalue weighted by Crippen LogP contribution is 2.26. The molecule has 0 bridgehead atoms. The standard InChI is InChI=1S/C24H20ClN3O4/c1-14-20(23(29)7-4-15-8-17(31-2)11-18(9-15)32-3)13-26-28(14)22-12-24(30)27-21-6-5-16(25)10-19(21)22/h4-13H,1-3H3,(H,27,30)/b7-4+. The number of ketones is 1. The van der Waals surface area contributed by atoms with E-state index in [0.717, 1.165) is 10.9 Å². The first-order valence-corrected chi connectivity index (χ1v) is 10.1. The minimum atomic E-state index is -0.274. The maximum atomic E-state index is 12.9. The highest BCUT2D eigenvalue weighted by atomic mass is 35.5. The van der Waals surface area contributed by atoms with Crippen LogP contribution < -0.4 is 15.0 Å². The predicted octanol–water partition coefficient (Wildman–Crippen LogP) is 4.59. The van der Waals surface area contributed by atoms with Crippen molar-refractivity contribution in [3.8, 4) is 17.2 Å². The molecule has 0 amide bonds. The largest absolute Gasteiger partial charge is 0.497 e. The van der Waals surface area contributed by atoms with Crippen LogP contribution in [-0.4, -0.2) is 34.8 Å². The van der Waals surface area contributed by atoms with E-state index in [4.69, 9.17) is 21.1 Å². The lowest BCUT2D eigenvalue weighted by molar-refractivity contribution is 0.104. The first kappa shape index (κ1) is 21.4. The lowest BCUT2D eigenvalue weighted by atomic mass is 10.1. The SMILES string of the molecule is COc1cc(/C=C/C(=O)c2cnn(-c3cc(=O)[nH]c4ccc(Cl)cc34)c2C)cc(OC)c1. The molecule has 32 heavy (non-hydrogen) atoms. The van der Waals surface area contributed by atoms with Crippen molar-refractivity contribution < 1.29 is 14.3 Å². The molecular weight excluding hydrogens is 430 g/mol. The van der Waals surface area contributed by atoms with Crippen molar-refractivity contribution in [2.45, 2.75) is 6.92 Å². The molecule has 0 aliphatic heterocycles. The number of allylic oxidation sites excluding steroid dienone is 1. The number of pyridine rings is 1. The number of hydrogen-bond donors (Lipinski definition) is 1. The molecule has 4 rings (SSSR count). The Balaban J connectivity index is 1.71. The predicted molar refractivity (Wildman–Crippen MR) is 124 cm³/mol. The van der Waals surface area contributed by atoms with Crippen LogP contribution in [-0.2, 0) is 0 Å². The molecule has 1 N–H and O–H groups in total. The van der Waals surface area contributed by atoms with Crippen LogP contribution >= 0.6 is 11.6 Å². The van der Waals surface area contributed by atoms with E-state index >= 15 is 0 Å². The number of H-pyrrole nitrogens is 1. The minimum absolute atomic E-state index is 0.220. The summed E-state index contributed by atoms with van der Waals surface area (Å²) in [7, 11) is 3.13. The van der Waals surface area contributed by atoms with Crippen molar-refractivity contribution in [3.63, 3.8) is 0 Å². The number of aromatic nitrogens is 3. The zero-order valence-electron chi connectivity index (χ0n) is 17.7. The maximum absolute atomic E-state index is 12.9. The highest BCUT2D eigenvalue weighted by molar-refractivity contribution is 6.31. The van der Waals surface area contributed by atoms with Crippen molar-refractivity contribution >= 4 is 34.4 Å². The van der Waals surface area contributed by atoms with Gasteiger partial charge in [0, 0.05) is 22.5 Å². The molecule has 0 radical (unpaired) electrons. The summed E-state index contributed by atoms with van der Waals surface area (Å²) in [4.78, 5) is 27.8. The summed E-state index contributed by atoms with van der Waals surface area (Å²) in [5.41, 5.74) is 2.69. The Morgan fingerprint density at radius 1 is 1.09 bits per heavy atom. The van der Waals surface area contributed by atoms with E-state index in [-0.39, 0.29) is 11.3 Å². The normalized spacial score (nSPS) is 11.2. The number of hydrogen-bond acceptors (Lipinski definition) is 5. The number of nitrogens with zero attached hydrogens (tertiary/aromatic N) is 2. The first-order chi connectivity index (χ1) is 15.4. The Kier molecular flexibility index (Phi) is 5.83. The molecule has 162 valence electrons. The van der Waals surface area contributed by atoms with Gasteiger partial charge in [-0.1, -0.05) is 17.7 Å². The highest BCUT2D eigenvalue weighted by Gasteiger charge is 2.16. The molecule has 0 saturated heterocycles. The second-order valence-electron chi connectivity index (χ2n) is 7.11. The van der Waals surface area contributed by atoms with E-state index in [1.54, 1.807) is 68.3 Å². The molecule has 0 aliphatic rings. The number of carbonyl (C=O) groups is 1. The lowest BCUT2D eigenvalue weighted by Crippen LogP contribution is -2.10. The maximum Gasteiger partial charge on any atom is 0.250 e. The molecule has 2 aromatic carbocycles. The quantitative estimate of drug-likeness (QED) is 0.343. The van der Waals surface area contributed by atoms with Crippen LogP contribution in [0, 0.1) is 6.92 Å². The summed E-state index contributed by atoms with van der Waals surface area (Å²) in [5, 5.41) is 5.62. The third-order valence-electron chi connectivity index (χ3n) is 5.09. The summed E-state index contributed by atoms with van der Waals surface area (Å²) < 4.78 is 12.1. The van der Waals surface area contributed by atoms with Gasteiger partial charge in [0.2, 0.25) is 0 Å². The van der Waals surface area contributed by atoms with E-state index in [2.05, 4.69) is 10.1 Å². The molecule has 2 aromatic heterocycles. The molecule has 0 unspecified atom stereocenters. The van der Waals surface area contributed by atoms with Crippen LogP contribution in [0.15, 0.2) is 59.5 Å². The number of carbonyl (C=O) groups excluding carboxylic acids is 1. The molecule has 8 heteroatoms. The van der Waals surface area contributed by atoms with E-state index in [1.165, 1.54) is 18.3 Å². The van der Waals surface area contributed by atoms with E-state index in [0.29, 0.717) is 39.0 Å². The Morgan fingerprint density at radius 3 is 2.50 bits per heavy atom. The first-order valence-electron chi connectivity index (χ1n) is 9.72. The van der Waals surface area contributed by atoms with Gasteiger partial charge in [0.15, 0.2) is 5.78 Å². The van der Waals surface area contributed by atoms with Gasteiger partial charge in [0.1, 0.15) is 11.5 Å². The van der Waals surface area contributed by atoms with E-state index in [1.807, 2.05) is 0 Å². The van der Waals surface area contributed by atoms with Gasteiger partial charge in [0.25, 0.3) is 5.56 Å². The Morgan fingerprint density at radius 2 is 1.81 bits per heavy atom. The number of rotatable bonds is 6. The molecule has 0 saturated carbocycles. The average Bonchev–Trinajstić information content (AvgIpc) is 3.18. The molecule has 4 aromatic rings. The summed E-state index contributed by atoms with van der Waals surface area (Å²) >= 11 is 6.15. The van der Waals surface area contributed by atoms with Gasteiger partial charge in [-0.25, -0.2) is 4.68 Å². The number of methoxy groups -OCH3 is 2. The van der Waals surface area contributed by atoms with Crippen LogP contribution in [0.2, 0.25) is 5.02 Å². The number of ether oxygens (including phenoxy) is 2. The lowest BCUT2D eigenvalue weighted by Gasteiger charge is -2.09. The van der Waals surface area contributed by atoms with Crippen LogP contribution in [0.3, 0.4) is 0 Å². The van der Waals surface area contributed by atoms with Crippen LogP contribution in [0.1, 0.15) is 21.6 Å². The third-order valence-corrected chi connectivity index (χ3v) is 5.32. The summed E-state index contributed by atoms with van der Waals surface area (Å²) in [6, 6.07) is 12.0. The fourth-order valence-electron chi connectivity index (χ4n) is 3.47. The summed E-state index contributed by atoms with van der Waals surface area (Å²) in [6.45, 7) is 1.78. The Bertz CT molecular complexity index is 1400. The smallest absolute Gasteiger partial charge is 0.250 e. The summed E-state index contributed by atoms with van der Waals surface area (Å²) in [6.07, 6.45) is 4.65. The van der Waals surface area contributed by atoms with Gasteiger partial charge in [-0.05, 0) is 48.9 Å². The molecule has 0 atom stereocenters. The van der Waals surface area contributed by atoms with Crippen molar-refractivity contribution in [2.75, 3.05) is 14.2 Å². The van der Waals surface area contributed by atoms with Crippen molar-refractivity contribution in [1.29, 1.82) is 0 Å². The topological polar surface area (TPSA) is 86.2 Å². The number of aromatic amines is 1. The van der Waals surface area contributed by atoms with E-state index in [9.17, 15) is 9.59 Å². The van der Waals surface area contributed by atoms with Crippen molar-refractivity contribution in [2.24, 2.45) is 0 Å². The summed E-state index contributed by atoms with van der Waals surface area (Å²) in [5.74, 6) is 1.03. The van der Waals surface area contributed by atoms with Gasteiger partial charge < -0.3 is 14.5 Å². The van der Waals surface area contributed by atoms with Gasteiger partial charge in [-0.15, -0.1) is 0 Å². The Hall–Kier alpha value is -3.84. The molecule has 0 aliphatic carbocycles. The van der Waals surface area contributed by atoms with Gasteiger partial charge in [-0.3, -0.25) is 9.59 Å². The number of nitrogens with one attached hydrogen (secondary N) is 1. The third kappa shape index (κ3) is 4.15. The minimum Gasteiger partial charge on any atom is -0.497 e. The molecule has 0 fully saturated rings. The Labute approximate surface area is 188 Å². The number of benzene rings is 2. The van der Waals surface area contributed by atoms with E-state index < -0.39 is 0 Å². The fourth-order valence-corrected chi connectivity index (χ4v) is 3.64. The van der Waals surface area contributed by atoms with Gasteiger partial charge in [0.05, 0.1) is 42.9 Å². The van der Waals surface area contributed by atoms with Crippen molar-refractivity contribution in [1.82, 2.24) is 14.8 Å². The van der Waals surface area contributed by atoms with Crippen LogP contribution in [0.5, 0.6) is 11.5 Å². The second-order valence-corrected chi connectivity index (χ2v) is 7.54. The van der Waals surface area contributed by atoms with Crippen LogP contribution in [0.4, 0.5) is 0 Å². The molecular formula is C24H20ClN3O4. The van der Waals surface area contributed by atoms with Gasteiger partial charge >= 0.3 is 0 Å².